The number of benzene rings is 1. The number of anilines is 1. The van der Waals surface area contributed by atoms with Crippen molar-refractivity contribution >= 4 is 11.7 Å². The molecule has 0 unspecified atom stereocenters. The van der Waals surface area contributed by atoms with Crippen LogP contribution in [0.1, 0.15) is 16.1 Å². The molecule has 1 aromatic heterocycles. The number of ether oxygens (including phenoxy) is 2. The molecule has 114 valence electrons. The molecule has 22 heavy (non-hydrogen) atoms. The summed E-state index contributed by atoms with van der Waals surface area (Å²) in [6.45, 7) is 0.649. The Labute approximate surface area is 128 Å². The minimum absolute atomic E-state index is 0.207. The van der Waals surface area contributed by atoms with Crippen LogP contribution in [0.25, 0.3) is 0 Å². The summed E-state index contributed by atoms with van der Waals surface area (Å²) >= 11 is 0. The summed E-state index contributed by atoms with van der Waals surface area (Å²) in [5, 5.41) is 2.86. The number of pyridine rings is 1. The molecule has 1 aliphatic heterocycles. The molecule has 0 radical (unpaired) electrons. The van der Waals surface area contributed by atoms with Crippen molar-refractivity contribution in [2.45, 2.75) is 6.54 Å². The molecule has 2 heterocycles. The lowest BCUT2D eigenvalue weighted by Gasteiger charge is -2.12. The minimum atomic E-state index is -0.207. The van der Waals surface area contributed by atoms with Gasteiger partial charge >= 0.3 is 0 Å². The molecule has 6 heteroatoms. The molecule has 0 atom stereocenters. The third kappa shape index (κ3) is 2.95. The van der Waals surface area contributed by atoms with E-state index in [1.54, 1.807) is 6.07 Å². The molecule has 1 amide bonds. The van der Waals surface area contributed by atoms with Gasteiger partial charge in [0.2, 0.25) is 6.79 Å². The van der Waals surface area contributed by atoms with Gasteiger partial charge in [0, 0.05) is 20.6 Å². The van der Waals surface area contributed by atoms with E-state index in [0.717, 1.165) is 17.1 Å². The van der Waals surface area contributed by atoms with Gasteiger partial charge in [-0.2, -0.15) is 0 Å². The molecule has 0 spiro atoms. The van der Waals surface area contributed by atoms with Crippen molar-refractivity contribution in [1.29, 1.82) is 0 Å². The van der Waals surface area contributed by atoms with E-state index >= 15 is 0 Å². The largest absolute Gasteiger partial charge is 0.454 e. The number of aromatic nitrogens is 1. The molecule has 0 saturated heterocycles. The van der Waals surface area contributed by atoms with E-state index in [4.69, 9.17) is 9.47 Å². The maximum absolute atomic E-state index is 12.2. The highest BCUT2D eigenvalue weighted by atomic mass is 16.7. The van der Waals surface area contributed by atoms with Crippen LogP contribution in [0.5, 0.6) is 11.5 Å². The van der Waals surface area contributed by atoms with Crippen molar-refractivity contribution in [3.05, 3.63) is 47.7 Å². The predicted octanol–water partition coefficient (Wildman–Crippen LogP) is 1.81. The molecule has 3 rings (SSSR count). The van der Waals surface area contributed by atoms with Gasteiger partial charge in [0.05, 0.1) is 0 Å². The zero-order valence-electron chi connectivity index (χ0n) is 12.5. The molecule has 0 bridgehead atoms. The first-order valence-corrected chi connectivity index (χ1v) is 6.94. The second-order valence-corrected chi connectivity index (χ2v) is 5.15. The standard InChI is InChI=1S/C16H17N3O3/c1-19(2)15-5-3-4-12(18-15)16(20)17-9-11-6-7-13-14(8-11)22-10-21-13/h3-8H,9-10H2,1-2H3,(H,17,20). The maximum Gasteiger partial charge on any atom is 0.270 e. The van der Waals surface area contributed by atoms with Crippen LogP contribution < -0.4 is 19.7 Å². The van der Waals surface area contributed by atoms with Crippen LogP contribution in [0.3, 0.4) is 0 Å². The number of nitrogens with zero attached hydrogens (tertiary/aromatic N) is 2. The van der Waals surface area contributed by atoms with Crippen molar-refractivity contribution in [2.75, 3.05) is 25.8 Å². The van der Waals surface area contributed by atoms with E-state index in [-0.39, 0.29) is 12.7 Å². The monoisotopic (exact) mass is 299 g/mol. The first-order valence-electron chi connectivity index (χ1n) is 6.94. The van der Waals surface area contributed by atoms with Crippen LogP contribution in [0.15, 0.2) is 36.4 Å². The fraction of sp³-hybridized carbons (Fsp3) is 0.250. The van der Waals surface area contributed by atoms with Crippen LogP contribution >= 0.6 is 0 Å². The van der Waals surface area contributed by atoms with E-state index in [2.05, 4.69) is 10.3 Å². The summed E-state index contributed by atoms with van der Waals surface area (Å²) in [6, 6.07) is 11.0. The highest BCUT2D eigenvalue weighted by Gasteiger charge is 2.14. The van der Waals surface area contributed by atoms with E-state index in [1.807, 2.05) is 49.3 Å². The summed E-state index contributed by atoms with van der Waals surface area (Å²) < 4.78 is 10.6. The molecule has 6 nitrogen and oxygen atoms in total. The summed E-state index contributed by atoms with van der Waals surface area (Å²) in [5.41, 5.74) is 1.34. The summed E-state index contributed by atoms with van der Waals surface area (Å²) in [4.78, 5) is 18.3. The van der Waals surface area contributed by atoms with Crippen molar-refractivity contribution in [3.63, 3.8) is 0 Å². The van der Waals surface area contributed by atoms with Gasteiger partial charge in [-0.3, -0.25) is 4.79 Å². The Balaban J connectivity index is 1.66. The molecule has 1 aliphatic rings. The van der Waals surface area contributed by atoms with E-state index < -0.39 is 0 Å². The normalized spacial score (nSPS) is 12.1. The Bertz CT molecular complexity index is 701. The average Bonchev–Trinajstić information content (AvgIpc) is 3.00. The number of fused-ring (bicyclic) bond motifs is 1. The minimum Gasteiger partial charge on any atom is -0.454 e. The zero-order valence-corrected chi connectivity index (χ0v) is 12.5. The third-order valence-corrected chi connectivity index (χ3v) is 3.32. The number of nitrogens with one attached hydrogen (secondary N) is 1. The molecule has 1 aromatic carbocycles. The second-order valence-electron chi connectivity index (χ2n) is 5.15. The fourth-order valence-electron chi connectivity index (χ4n) is 2.12. The van der Waals surface area contributed by atoms with Crippen molar-refractivity contribution < 1.29 is 14.3 Å². The lowest BCUT2D eigenvalue weighted by Crippen LogP contribution is -2.24. The lowest BCUT2D eigenvalue weighted by atomic mass is 10.2. The highest BCUT2D eigenvalue weighted by molar-refractivity contribution is 5.92. The van der Waals surface area contributed by atoms with E-state index in [1.165, 1.54) is 0 Å². The molecule has 0 aliphatic carbocycles. The molecule has 0 fully saturated rings. The van der Waals surface area contributed by atoms with E-state index in [0.29, 0.717) is 18.0 Å². The molecular formula is C16H17N3O3. The number of carbonyl (C=O) groups is 1. The van der Waals surface area contributed by atoms with Gasteiger partial charge in [0.15, 0.2) is 11.5 Å². The topological polar surface area (TPSA) is 63.7 Å². The zero-order chi connectivity index (χ0) is 15.5. The van der Waals surface area contributed by atoms with E-state index in [9.17, 15) is 4.79 Å². The SMILES string of the molecule is CN(C)c1cccc(C(=O)NCc2ccc3c(c2)OCO3)n1. The Morgan fingerprint density at radius 2 is 2.05 bits per heavy atom. The van der Waals surface area contributed by atoms with Crippen LogP contribution in [0.2, 0.25) is 0 Å². The number of amides is 1. The quantitative estimate of drug-likeness (QED) is 0.933. The van der Waals surface area contributed by atoms with Gasteiger partial charge in [-0.15, -0.1) is 0 Å². The Morgan fingerprint density at radius 1 is 1.23 bits per heavy atom. The Kier molecular flexibility index (Phi) is 3.82. The van der Waals surface area contributed by atoms with Crippen LogP contribution in [0, 0.1) is 0 Å². The summed E-state index contributed by atoms with van der Waals surface area (Å²) in [5.74, 6) is 1.98. The highest BCUT2D eigenvalue weighted by Crippen LogP contribution is 2.32. The number of rotatable bonds is 4. The predicted molar refractivity (Wildman–Crippen MR) is 82.3 cm³/mol. The number of hydrogen-bond acceptors (Lipinski definition) is 5. The van der Waals surface area contributed by atoms with Crippen LogP contribution in [-0.2, 0) is 6.54 Å². The van der Waals surface area contributed by atoms with Crippen molar-refractivity contribution in [2.24, 2.45) is 0 Å². The molecule has 2 aromatic rings. The first kappa shape index (κ1) is 14.2. The van der Waals surface area contributed by atoms with Crippen molar-refractivity contribution in [3.8, 4) is 11.5 Å². The molecular weight excluding hydrogens is 282 g/mol. The van der Waals surface area contributed by atoms with Crippen LogP contribution in [0.4, 0.5) is 5.82 Å². The van der Waals surface area contributed by atoms with Crippen LogP contribution in [-0.4, -0.2) is 31.8 Å². The van der Waals surface area contributed by atoms with Gasteiger partial charge in [0.25, 0.3) is 5.91 Å². The Morgan fingerprint density at radius 3 is 2.86 bits per heavy atom. The first-order chi connectivity index (χ1) is 10.6. The Hall–Kier alpha value is -2.76. The summed E-state index contributed by atoms with van der Waals surface area (Å²) in [7, 11) is 3.77. The van der Waals surface area contributed by atoms with Gasteiger partial charge in [-0.1, -0.05) is 12.1 Å². The lowest BCUT2D eigenvalue weighted by molar-refractivity contribution is 0.0946. The molecule has 0 saturated carbocycles. The smallest absolute Gasteiger partial charge is 0.270 e. The van der Waals surface area contributed by atoms with Gasteiger partial charge in [-0.25, -0.2) is 4.98 Å². The average molecular weight is 299 g/mol. The molecule has 1 N–H and O–H groups in total. The number of carbonyl (C=O) groups excluding carboxylic acids is 1. The van der Waals surface area contributed by atoms with Gasteiger partial charge < -0.3 is 19.7 Å². The maximum atomic E-state index is 12.2. The third-order valence-electron chi connectivity index (χ3n) is 3.32. The fourth-order valence-corrected chi connectivity index (χ4v) is 2.12. The van der Waals surface area contributed by atoms with Crippen molar-refractivity contribution in [1.82, 2.24) is 10.3 Å². The number of hydrogen-bond donors (Lipinski definition) is 1. The van der Waals surface area contributed by atoms with Gasteiger partial charge in [0.1, 0.15) is 11.5 Å². The second kappa shape index (κ2) is 5.93. The summed E-state index contributed by atoms with van der Waals surface area (Å²) in [6.07, 6.45) is 0. The van der Waals surface area contributed by atoms with Gasteiger partial charge in [-0.05, 0) is 29.8 Å².